The lowest BCUT2D eigenvalue weighted by molar-refractivity contribution is 0.852. The van der Waals surface area contributed by atoms with Gasteiger partial charge >= 0.3 is 0 Å². The van der Waals surface area contributed by atoms with Gasteiger partial charge in [0.15, 0.2) is 0 Å². The predicted octanol–water partition coefficient (Wildman–Crippen LogP) is 1.05. The molecule has 0 spiro atoms. The normalized spacial score (nSPS) is 24.2. The summed E-state index contributed by atoms with van der Waals surface area (Å²) in [5.41, 5.74) is 5.27. The third-order valence-corrected chi connectivity index (χ3v) is 1.38. The SMILES string of the molecule is N=C(N)C1C=CC=CC1. The van der Waals surface area contributed by atoms with Crippen molar-refractivity contribution < 1.29 is 0 Å². The highest BCUT2D eigenvalue weighted by Crippen LogP contribution is 2.09. The molecule has 0 aromatic heterocycles. The van der Waals surface area contributed by atoms with Crippen LogP contribution in [0.5, 0.6) is 0 Å². The summed E-state index contributed by atoms with van der Waals surface area (Å²) >= 11 is 0. The highest BCUT2D eigenvalue weighted by Gasteiger charge is 2.06. The van der Waals surface area contributed by atoms with E-state index in [2.05, 4.69) is 0 Å². The molecule has 1 rings (SSSR count). The standard InChI is InChI=1S/C7H10N2/c8-7(9)6-4-2-1-3-5-6/h1-4,6H,5H2,(H3,8,9). The molecule has 48 valence electrons. The maximum Gasteiger partial charge on any atom is 0.0978 e. The summed E-state index contributed by atoms with van der Waals surface area (Å²) in [6.45, 7) is 0. The third kappa shape index (κ3) is 1.42. The zero-order valence-corrected chi connectivity index (χ0v) is 5.17. The molecule has 0 heterocycles. The Morgan fingerprint density at radius 3 is 2.67 bits per heavy atom. The van der Waals surface area contributed by atoms with Gasteiger partial charge in [0.1, 0.15) is 0 Å². The van der Waals surface area contributed by atoms with Crippen molar-refractivity contribution in [1.29, 1.82) is 5.41 Å². The van der Waals surface area contributed by atoms with Crippen LogP contribution in [-0.2, 0) is 0 Å². The summed E-state index contributed by atoms with van der Waals surface area (Å²) in [6, 6.07) is 0. The first-order chi connectivity index (χ1) is 4.30. The molecule has 0 radical (unpaired) electrons. The number of nitrogens with one attached hydrogen (secondary N) is 1. The van der Waals surface area contributed by atoms with Gasteiger partial charge in [-0.05, 0) is 6.42 Å². The van der Waals surface area contributed by atoms with Crippen LogP contribution in [0.1, 0.15) is 6.42 Å². The Morgan fingerprint density at radius 1 is 1.56 bits per heavy atom. The second-order valence-electron chi connectivity index (χ2n) is 2.11. The molecule has 0 aromatic rings. The first-order valence-electron chi connectivity index (χ1n) is 2.98. The zero-order chi connectivity index (χ0) is 6.69. The third-order valence-electron chi connectivity index (χ3n) is 1.38. The van der Waals surface area contributed by atoms with E-state index in [-0.39, 0.29) is 11.8 Å². The van der Waals surface area contributed by atoms with Crippen LogP contribution in [0.3, 0.4) is 0 Å². The molecule has 2 heteroatoms. The molecule has 0 saturated heterocycles. The van der Waals surface area contributed by atoms with Crippen molar-refractivity contribution in [2.75, 3.05) is 0 Å². The van der Waals surface area contributed by atoms with E-state index in [1.54, 1.807) is 0 Å². The molecule has 0 fully saturated rings. The Balaban J connectivity index is 2.56. The molecule has 1 atom stereocenters. The van der Waals surface area contributed by atoms with E-state index in [0.29, 0.717) is 0 Å². The number of nitrogens with two attached hydrogens (primary N) is 1. The van der Waals surface area contributed by atoms with Gasteiger partial charge in [0.25, 0.3) is 0 Å². The molecule has 0 bridgehead atoms. The topological polar surface area (TPSA) is 49.9 Å². The van der Waals surface area contributed by atoms with E-state index in [9.17, 15) is 0 Å². The van der Waals surface area contributed by atoms with Gasteiger partial charge in [0.05, 0.1) is 5.84 Å². The van der Waals surface area contributed by atoms with Crippen molar-refractivity contribution >= 4 is 5.84 Å². The Kier molecular flexibility index (Phi) is 1.68. The van der Waals surface area contributed by atoms with E-state index in [1.165, 1.54) is 0 Å². The highest BCUT2D eigenvalue weighted by atomic mass is 14.7. The van der Waals surface area contributed by atoms with Gasteiger partial charge in [0, 0.05) is 5.92 Å². The summed E-state index contributed by atoms with van der Waals surface area (Å²) < 4.78 is 0. The van der Waals surface area contributed by atoms with E-state index >= 15 is 0 Å². The number of allylic oxidation sites excluding steroid dienone is 3. The number of amidine groups is 1. The second kappa shape index (κ2) is 2.49. The molecule has 0 saturated carbocycles. The Labute approximate surface area is 54.6 Å². The molecular formula is C7H10N2. The second-order valence-corrected chi connectivity index (χ2v) is 2.11. The molecule has 9 heavy (non-hydrogen) atoms. The first kappa shape index (κ1) is 6.08. The van der Waals surface area contributed by atoms with Crippen LogP contribution < -0.4 is 5.73 Å². The lowest BCUT2D eigenvalue weighted by atomic mass is 10.0. The predicted molar refractivity (Wildman–Crippen MR) is 38.3 cm³/mol. The van der Waals surface area contributed by atoms with E-state index in [0.717, 1.165) is 6.42 Å². The van der Waals surface area contributed by atoms with Gasteiger partial charge in [0.2, 0.25) is 0 Å². The molecule has 0 aromatic carbocycles. The summed E-state index contributed by atoms with van der Waals surface area (Å²) in [5, 5.41) is 7.08. The lowest BCUT2D eigenvalue weighted by Crippen LogP contribution is -2.20. The average molecular weight is 122 g/mol. The molecule has 0 amide bonds. The van der Waals surface area contributed by atoms with Crippen LogP contribution in [0.4, 0.5) is 0 Å². The van der Waals surface area contributed by atoms with Crippen molar-refractivity contribution in [2.45, 2.75) is 6.42 Å². The maximum absolute atomic E-state index is 7.08. The molecule has 1 aliphatic rings. The average Bonchev–Trinajstić information content (AvgIpc) is 1.90. The van der Waals surface area contributed by atoms with Gasteiger partial charge in [-0.3, -0.25) is 5.41 Å². The monoisotopic (exact) mass is 122 g/mol. The summed E-state index contributed by atoms with van der Waals surface area (Å²) in [6.07, 6.45) is 8.75. The van der Waals surface area contributed by atoms with Crippen LogP contribution in [0, 0.1) is 11.3 Å². The maximum atomic E-state index is 7.08. The Bertz CT molecular complexity index is 168. The van der Waals surface area contributed by atoms with Gasteiger partial charge in [-0.25, -0.2) is 0 Å². The van der Waals surface area contributed by atoms with Crippen LogP contribution >= 0.6 is 0 Å². The van der Waals surface area contributed by atoms with E-state index in [1.807, 2.05) is 24.3 Å². The molecular weight excluding hydrogens is 112 g/mol. The Hall–Kier alpha value is -1.05. The van der Waals surface area contributed by atoms with Crippen molar-refractivity contribution in [1.82, 2.24) is 0 Å². The number of rotatable bonds is 1. The molecule has 0 aliphatic heterocycles. The van der Waals surface area contributed by atoms with Crippen LogP contribution in [0.15, 0.2) is 24.3 Å². The van der Waals surface area contributed by atoms with E-state index < -0.39 is 0 Å². The summed E-state index contributed by atoms with van der Waals surface area (Å²) in [4.78, 5) is 0. The fraction of sp³-hybridized carbons (Fsp3) is 0.286. The lowest BCUT2D eigenvalue weighted by Gasteiger charge is -2.09. The van der Waals surface area contributed by atoms with E-state index in [4.69, 9.17) is 11.1 Å². The molecule has 1 unspecified atom stereocenters. The fourth-order valence-electron chi connectivity index (χ4n) is 0.811. The van der Waals surface area contributed by atoms with Crippen molar-refractivity contribution in [3.8, 4) is 0 Å². The number of hydrogen-bond donors (Lipinski definition) is 2. The summed E-state index contributed by atoms with van der Waals surface area (Å²) in [7, 11) is 0. The largest absolute Gasteiger partial charge is 0.387 e. The van der Waals surface area contributed by atoms with Gasteiger partial charge < -0.3 is 5.73 Å². The minimum absolute atomic E-state index is 0.148. The van der Waals surface area contributed by atoms with Gasteiger partial charge in [-0.1, -0.05) is 24.3 Å². The van der Waals surface area contributed by atoms with Crippen LogP contribution in [0.25, 0.3) is 0 Å². The quantitative estimate of drug-likeness (QED) is 0.396. The van der Waals surface area contributed by atoms with Crippen molar-refractivity contribution in [3.63, 3.8) is 0 Å². The van der Waals surface area contributed by atoms with Crippen molar-refractivity contribution in [2.24, 2.45) is 11.7 Å². The zero-order valence-electron chi connectivity index (χ0n) is 5.17. The van der Waals surface area contributed by atoms with Gasteiger partial charge in [-0.2, -0.15) is 0 Å². The first-order valence-corrected chi connectivity index (χ1v) is 2.98. The summed E-state index contributed by atoms with van der Waals surface area (Å²) in [5.74, 6) is 0.408. The molecule has 2 nitrogen and oxygen atoms in total. The van der Waals surface area contributed by atoms with Crippen molar-refractivity contribution in [3.05, 3.63) is 24.3 Å². The van der Waals surface area contributed by atoms with Gasteiger partial charge in [-0.15, -0.1) is 0 Å². The smallest absolute Gasteiger partial charge is 0.0978 e. The van der Waals surface area contributed by atoms with Crippen LogP contribution in [-0.4, -0.2) is 5.84 Å². The minimum atomic E-state index is 0.148. The van der Waals surface area contributed by atoms with Crippen LogP contribution in [0.2, 0.25) is 0 Å². The highest BCUT2D eigenvalue weighted by molar-refractivity contribution is 5.81. The Morgan fingerprint density at radius 2 is 2.33 bits per heavy atom. The molecule has 1 aliphatic carbocycles. The molecule has 3 N–H and O–H groups in total. The minimum Gasteiger partial charge on any atom is -0.387 e. The fourth-order valence-corrected chi connectivity index (χ4v) is 0.811. The number of hydrogen-bond acceptors (Lipinski definition) is 1.